The minimum Gasteiger partial charge on any atom is -0.497 e. The van der Waals surface area contributed by atoms with Crippen molar-refractivity contribution in [2.45, 2.75) is 0 Å². The minimum atomic E-state index is 0.813. The van der Waals surface area contributed by atoms with Gasteiger partial charge in [-0.25, -0.2) is 9.97 Å². The van der Waals surface area contributed by atoms with Crippen molar-refractivity contribution in [3.05, 3.63) is 114 Å². The van der Waals surface area contributed by atoms with E-state index in [9.17, 15) is 0 Å². The number of rotatable bonds is 3. The van der Waals surface area contributed by atoms with Crippen molar-refractivity contribution in [2.75, 3.05) is 7.11 Å². The minimum absolute atomic E-state index is 0.813. The first-order valence-electron chi connectivity index (χ1n) is 12.5. The summed E-state index contributed by atoms with van der Waals surface area (Å²) in [5, 5.41) is 0. The largest absolute Gasteiger partial charge is 0.497 e. The molecule has 2 aromatic carbocycles. The number of aromatic nitrogens is 4. The first kappa shape index (κ1) is 22.1. The van der Waals surface area contributed by atoms with E-state index in [1.165, 1.54) is 0 Å². The Morgan fingerprint density at radius 2 is 1.11 bits per heavy atom. The van der Waals surface area contributed by atoms with Crippen molar-refractivity contribution < 1.29 is 4.74 Å². The number of hydrogen-bond acceptors (Lipinski definition) is 3. The van der Waals surface area contributed by atoms with Crippen LogP contribution in [0.1, 0.15) is 22.8 Å². The first-order valence-corrected chi connectivity index (χ1v) is 12.5. The highest BCUT2D eigenvalue weighted by molar-refractivity contribution is 5.94. The number of ether oxygens (including phenoxy) is 1. The van der Waals surface area contributed by atoms with Gasteiger partial charge in [-0.1, -0.05) is 42.5 Å². The SMILES string of the molecule is COc1ccc(-c2c3nc(cc4ccc([nH]4)c(-c4ccccc4)c4ccc(cc5nc2C=C5)[nH]4)C=C3)cc1. The normalized spacial score (nSPS) is 12.1. The van der Waals surface area contributed by atoms with E-state index in [1.54, 1.807) is 7.11 Å². The number of nitrogens with zero attached hydrogens (tertiary/aromatic N) is 2. The molecule has 0 amide bonds. The molecule has 0 unspecified atom stereocenters. The molecule has 2 N–H and O–H groups in total. The molecule has 0 atom stereocenters. The van der Waals surface area contributed by atoms with Gasteiger partial charge in [-0.15, -0.1) is 0 Å². The van der Waals surface area contributed by atoms with Crippen LogP contribution in [-0.2, 0) is 0 Å². The molecule has 2 aliphatic rings. The Hall–Kier alpha value is -5.16. The quantitative estimate of drug-likeness (QED) is 0.263. The molecule has 182 valence electrons. The van der Waals surface area contributed by atoms with E-state index in [0.29, 0.717) is 0 Å². The van der Waals surface area contributed by atoms with Gasteiger partial charge >= 0.3 is 0 Å². The smallest absolute Gasteiger partial charge is 0.118 e. The monoisotopic (exact) mass is 492 g/mol. The molecule has 8 bridgehead atoms. The second-order valence-electron chi connectivity index (χ2n) is 9.30. The molecule has 0 fully saturated rings. The zero-order valence-electron chi connectivity index (χ0n) is 20.8. The van der Waals surface area contributed by atoms with Gasteiger partial charge in [-0.3, -0.25) is 0 Å². The van der Waals surface area contributed by atoms with Crippen molar-refractivity contribution >= 4 is 46.4 Å². The van der Waals surface area contributed by atoms with E-state index < -0.39 is 0 Å². The van der Waals surface area contributed by atoms with Crippen LogP contribution in [0, 0.1) is 0 Å². The van der Waals surface area contributed by atoms with Gasteiger partial charge in [0.1, 0.15) is 5.75 Å². The summed E-state index contributed by atoms with van der Waals surface area (Å²) in [5.41, 5.74) is 11.8. The van der Waals surface area contributed by atoms with E-state index in [4.69, 9.17) is 14.7 Å². The van der Waals surface area contributed by atoms with Crippen LogP contribution in [0.3, 0.4) is 0 Å². The summed E-state index contributed by atoms with van der Waals surface area (Å²) in [6.07, 6.45) is 8.21. The maximum atomic E-state index is 5.38. The Kier molecular flexibility index (Phi) is 5.26. The second-order valence-corrected chi connectivity index (χ2v) is 9.30. The van der Waals surface area contributed by atoms with Crippen LogP contribution in [0.25, 0.3) is 68.6 Å². The lowest BCUT2D eigenvalue weighted by Crippen LogP contribution is -1.89. The molecular formula is C33H24N4O. The number of hydrogen-bond donors (Lipinski definition) is 2. The molecule has 0 radical (unpaired) electrons. The lowest BCUT2D eigenvalue weighted by Gasteiger charge is -2.06. The van der Waals surface area contributed by atoms with Gasteiger partial charge in [0.15, 0.2) is 0 Å². The van der Waals surface area contributed by atoms with Crippen molar-refractivity contribution in [1.82, 2.24) is 19.9 Å². The van der Waals surface area contributed by atoms with Gasteiger partial charge in [0.05, 0.1) is 29.9 Å². The molecule has 5 nitrogen and oxygen atoms in total. The molecular weight excluding hydrogens is 468 g/mol. The van der Waals surface area contributed by atoms with Crippen molar-refractivity contribution in [3.63, 3.8) is 0 Å². The molecule has 0 saturated heterocycles. The highest BCUT2D eigenvalue weighted by atomic mass is 16.5. The topological polar surface area (TPSA) is 66.6 Å². The standard InChI is InChI=1S/C33H24N4O/c1-38-27-13-7-22(8-14-27)33-30-17-11-25(36-30)19-23-9-15-28(34-23)32(21-5-3-2-4-6-21)29-16-10-24(35-29)20-26-12-18-31(33)37-26/h2-20,34-35H,1H3. The van der Waals surface area contributed by atoms with E-state index in [-0.39, 0.29) is 0 Å². The third-order valence-corrected chi connectivity index (χ3v) is 6.84. The van der Waals surface area contributed by atoms with Gasteiger partial charge in [0, 0.05) is 33.2 Å². The van der Waals surface area contributed by atoms with Crippen molar-refractivity contribution in [3.8, 4) is 28.0 Å². The number of aromatic amines is 2. The Morgan fingerprint density at radius 1 is 0.553 bits per heavy atom. The molecule has 5 heterocycles. The zero-order valence-corrected chi connectivity index (χ0v) is 20.8. The zero-order chi connectivity index (χ0) is 25.5. The summed E-state index contributed by atoms with van der Waals surface area (Å²) in [4.78, 5) is 17.2. The summed E-state index contributed by atoms with van der Waals surface area (Å²) < 4.78 is 5.38. The van der Waals surface area contributed by atoms with Crippen LogP contribution in [-0.4, -0.2) is 27.0 Å². The van der Waals surface area contributed by atoms with Gasteiger partial charge in [0.25, 0.3) is 0 Å². The molecule has 3 aromatic heterocycles. The van der Waals surface area contributed by atoms with Crippen LogP contribution in [0.4, 0.5) is 0 Å². The van der Waals surface area contributed by atoms with Gasteiger partial charge in [-0.2, -0.15) is 0 Å². The van der Waals surface area contributed by atoms with Crippen LogP contribution >= 0.6 is 0 Å². The molecule has 7 rings (SSSR count). The summed E-state index contributed by atoms with van der Waals surface area (Å²) in [6.45, 7) is 0. The number of benzene rings is 2. The fraction of sp³-hybridized carbons (Fsp3) is 0.0303. The van der Waals surface area contributed by atoms with E-state index >= 15 is 0 Å². The Bertz CT molecular complexity index is 1800. The summed E-state index contributed by atoms with van der Waals surface area (Å²) >= 11 is 0. The average Bonchev–Trinajstić information content (AvgIpc) is 3.76. The van der Waals surface area contributed by atoms with Gasteiger partial charge in [-0.05, 0) is 84.0 Å². The first-order chi connectivity index (χ1) is 18.7. The average molecular weight is 493 g/mol. The van der Waals surface area contributed by atoms with E-state index in [1.807, 2.05) is 30.4 Å². The maximum Gasteiger partial charge on any atom is 0.118 e. The van der Waals surface area contributed by atoms with Crippen LogP contribution in [0.2, 0.25) is 0 Å². The Morgan fingerprint density at radius 3 is 1.66 bits per heavy atom. The summed E-state index contributed by atoms with van der Waals surface area (Å²) in [7, 11) is 1.68. The predicted molar refractivity (Wildman–Crippen MR) is 156 cm³/mol. The maximum absolute atomic E-state index is 5.38. The fourth-order valence-corrected chi connectivity index (χ4v) is 5.04. The van der Waals surface area contributed by atoms with Crippen molar-refractivity contribution in [2.24, 2.45) is 0 Å². The second kappa shape index (κ2) is 9.05. The number of fused-ring (bicyclic) bond motifs is 8. The van der Waals surface area contributed by atoms with Crippen LogP contribution < -0.4 is 4.74 Å². The third-order valence-electron chi connectivity index (χ3n) is 6.84. The summed E-state index contributed by atoms with van der Waals surface area (Å²) in [5.74, 6) is 0.813. The van der Waals surface area contributed by atoms with Crippen LogP contribution in [0.5, 0.6) is 5.75 Å². The lowest BCUT2D eigenvalue weighted by molar-refractivity contribution is 0.415. The Balaban J connectivity index is 1.55. The fourth-order valence-electron chi connectivity index (χ4n) is 5.04. The lowest BCUT2D eigenvalue weighted by atomic mass is 10.0. The molecule has 0 aliphatic carbocycles. The molecule has 0 saturated carbocycles. The predicted octanol–water partition coefficient (Wildman–Crippen LogP) is 8.00. The summed E-state index contributed by atoms with van der Waals surface area (Å²) in [6, 6.07) is 31.1. The molecule has 5 heteroatoms. The number of H-pyrrole nitrogens is 2. The highest BCUT2D eigenvalue weighted by Gasteiger charge is 2.14. The van der Waals surface area contributed by atoms with Crippen molar-refractivity contribution in [1.29, 1.82) is 0 Å². The number of methoxy groups -OCH3 is 1. The van der Waals surface area contributed by atoms with Crippen LogP contribution in [0.15, 0.2) is 91.0 Å². The Labute approximate surface area is 219 Å². The molecule has 0 spiro atoms. The van der Waals surface area contributed by atoms with Gasteiger partial charge < -0.3 is 14.7 Å². The van der Waals surface area contributed by atoms with E-state index in [0.717, 1.165) is 72.8 Å². The molecule has 38 heavy (non-hydrogen) atoms. The highest BCUT2D eigenvalue weighted by Crippen LogP contribution is 2.33. The molecule has 2 aliphatic heterocycles. The van der Waals surface area contributed by atoms with Gasteiger partial charge in [0.2, 0.25) is 0 Å². The third kappa shape index (κ3) is 4.00. The molecule has 5 aromatic rings. The van der Waals surface area contributed by atoms with E-state index in [2.05, 4.69) is 94.9 Å². The number of nitrogens with one attached hydrogen (secondary N) is 2.